The van der Waals surface area contributed by atoms with Crippen molar-refractivity contribution in [2.75, 3.05) is 7.11 Å². The molecule has 2 N–H and O–H groups in total. The molecule has 3 atom stereocenters. The van der Waals surface area contributed by atoms with E-state index < -0.39 is 41.5 Å². The Kier molecular flexibility index (Phi) is 9.39. The maximum atomic E-state index is 13.6. The van der Waals surface area contributed by atoms with Crippen molar-refractivity contribution in [3.63, 3.8) is 0 Å². The van der Waals surface area contributed by atoms with Crippen molar-refractivity contribution in [1.82, 2.24) is 5.32 Å². The van der Waals surface area contributed by atoms with Crippen molar-refractivity contribution in [2.45, 2.75) is 58.4 Å². The summed E-state index contributed by atoms with van der Waals surface area (Å²) in [5.74, 6) is -1.39. The molecule has 0 aliphatic carbocycles. The number of amides is 1. The first-order valence-electron chi connectivity index (χ1n) is 9.19. The summed E-state index contributed by atoms with van der Waals surface area (Å²) in [6, 6.07) is 5.62. The van der Waals surface area contributed by atoms with Gasteiger partial charge >= 0.3 is 12.3 Å². The molecule has 0 radical (unpaired) electrons. The van der Waals surface area contributed by atoms with Crippen LogP contribution in [0.4, 0.5) is 18.0 Å². The molecule has 0 aliphatic heterocycles. The van der Waals surface area contributed by atoms with Gasteiger partial charge in [0.25, 0.3) is 0 Å². The second-order valence-corrected chi connectivity index (χ2v) is 8.77. The van der Waals surface area contributed by atoms with E-state index in [1.807, 2.05) is 29.6 Å². The number of hydrogen-bond donors (Lipinski definition) is 2. The number of ether oxygens (including phenoxy) is 1. The lowest BCUT2D eigenvalue weighted by Gasteiger charge is -2.36. The van der Waals surface area contributed by atoms with Crippen molar-refractivity contribution >= 4 is 34.5 Å². The van der Waals surface area contributed by atoms with Crippen LogP contribution in [0.2, 0.25) is 0 Å². The minimum atomic E-state index is -4.73. The van der Waals surface area contributed by atoms with Gasteiger partial charge in [0.2, 0.25) is 0 Å². The Bertz CT molecular complexity index is 692. The van der Waals surface area contributed by atoms with Gasteiger partial charge in [-0.3, -0.25) is 4.79 Å². The largest absolute Gasteiger partial charge is 0.453 e. The van der Waals surface area contributed by atoms with E-state index in [1.54, 1.807) is 6.92 Å². The van der Waals surface area contributed by atoms with E-state index in [9.17, 15) is 27.9 Å². The summed E-state index contributed by atoms with van der Waals surface area (Å²) in [5.41, 5.74) is -1.65. The van der Waals surface area contributed by atoms with Gasteiger partial charge in [0.05, 0.1) is 18.6 Å². The second-order valence-electron chi connectivity index (χ2n) is 7.53. The molecule has 0 aromatic heterocycles. The normalized spacial score (nSPS) is 15.3. The topological polar surface area (TPSA) is 75.6 Å². The lowest BCUT2D eigenvalue weighted by atomic mass is 9.77. The van der Waals surface area contributed by atoms with Crippen LogP contribution in [-0.2, 0) is 16.0 Å². The van der Waals surface area contributed by atoms with E-state index in [4.69, 9.17) is 0 Å². The first-order chi connectivity index (χ1) is 13.3. The molecule has 0 bridgehead atoms. The molecule has 29 heavy (non-hydrogen) atoms. The zero-order chi connectivity index (χ0) is 22.4. The van der Waals surface area contributed by atoms with E-state index in [-0.39, 0.29) is 6.42 Å². The summed E-state index contributed by atoms with van der Waals surface area (Å²) in [6.07, 6.45) is -6.36. The number of alkyl halides is 3. The first-order valence-corrected chi connectivity index (χ1v) is 10.3. The van der Waals surface area contributed by atoms with Gasteiger partial charge < -0.3 is 15.2 Å². The summed E-state index contributed by atoms with van der Waals surface area (Å²) in [5, 5.41) is 12.4. The Hall–Kier alpha value is -1.36. The van der Waals surface area contributed by atoms with E-state index in [2.05, 4.69) is 27.3 Å². The highest BCUT2D eigenvalue weighted by Crippen LogP contribution is 2.41. The van der Waals surface area contributed by atoms with Gasteiger partial charge in [-0.05, 0) is 72.9 Å². The highest BCUT2D eigenvalue weighted by Gasteiger charge is 2.55. The molecular formula is C20H27F3INO4. The van der Waals surface area contributed by atoms with Gasteiger partial charge in [-0.2, -0.15) is 13.2 Å². The third-order valence-corrected chi connectivity index (χ3v) is 5.78. The van der Waals surface area contributed by atoms with Gasteiger partial charge in [-0.15, -0.1) is 0 Å². The van der Waals surface area contributed by atoms with E-state index in [0.717, 1.165) is 30.1 Å². The van der Waals surface area contributed by atoms with Crippen LogP contribution < -0.4 is 5.32 Å². The number of benzene rings is 1. The molecule has 1 aromatic rings. The van der Waals surface area contributed by atoms with Crippen LogP contribution in [0.3, 0.4) is 0 Å². The number of halogens is 4. The number of carbonyl (C=O) groups is 2. The SMILES string of the molecule is CC[C@H](O)[C@@H](CC(=O)[C@@H](NC(=O)OC)C(C)(C)C(F)(F)F)Cc1ccc(I)cc1. The number of aliphatic hydroxyl groups is 1. The fourth-order valence-corrected chi connectivity index (χ4v) is 3.34. The molecule has 1 aromatic carbocycles. The quantitative estimate of drug-likeness (QED) is 0.463. The molecule has 0 saturated heterocycles. The van der Waals surface area contributed by atoms with Gasteiger partial charge in [-0.25, -0.2) is 4.79 Å². The molecule has 0 aliphatic rings. The Balaban J connectivity index is 3.13. The van der Waals surface area contributed by atoms with Crippen LogP contribution >= 0.6 is 22.6 Å². The van der Waals surface area contributed by atoms with Crippen LogP contribution in [-0.4, -0.2) is 42.4 Å². The Morgan fingerprint density at radius 1 is 1.21 bits per heavy atom. The highest BCUT2D eigenvalue weighted by atomic mass is 127. The average molecular weight is 529 g/mol. The van der Waals surface area contributed by atoms with Crippen molar-refractivity contribution in [3.8, 4) is 0 Å². The maximum Gasteiger partial charge on any atom is 0.407 e. The Morgan fingerprint density at radius 3 is 2.21 bits per heavy atom. The van der Waals surface area contributed by atoms with Gasteiger partial charge in [0.15, 0.2) is 5.78 Å². The van der Waals surface area contributed by atoms with Crippen LogP contribution in [0, 0.1) is 14.9 Å². The predicted octanol–water partition coefficient (Wildman–Crippen LogP) is 4.49. The van der Waals surface area contributed by atoms with Gasteiger partial charge in [0.1, 0.15) is 6.04 Å². The number of hydrogen-bond acceptors (Lipinski definition) is 4. The third kappa shape index (κ3) is 7.13. The number of ketones is 1. The van der Waals surface area contributed by atoms with Crippen LogP contribution in [0.25, 0.3) is 0 Å². The van der Waals surface area contributed by atoms with Crippen molar-refractivity contribution in [1.29, 1.82) is 0 Å². The number of Topliss-reactive ketones (excluding diaryl/α,β-unsaturated/α-hetero) is 1. The molecule has 0 fully saturated rings. The van der Waals surface area contributed by atoms with E-state index in [1.165, 1.54) is 0 Å². The number of nitrogens with one attached hydrogen (secondary N) is 1. The number of methoxy groups -OCH3 is 1. The first kappa shape index (κ1) is 25.7. The Morgan fingerprint density at radius 2 is 1.76 bits per heavy atom. The van der Waals surface area contributed by atoms with Gasteiger partial charge in [-0.1, -0.05) is 19.1 Å². The van der Waals surface area contributed by atoms with E-state index >= 15 is 0 Å². The lowest BCUT2D eigenvalue weighted by molar-refractivity contribution is -0.220. The standard InChI is InChI=1S/C20H27F3INO4/c1-5-15(26)13(10-12-6-8-14(24)9-7-12)11-16(27)17(25-18(28)29-4)19(2,3)20(21,22)23/h6-9,13,15,17,26H,5,10-11H2,1-4H3,(H,25,28)/t13-,15+,17-/m1/s1. The fraction of sp³-hybridized carbons (Fsp3) is 0.600. The summed E-state index contributed by atoms with van der Waals surface area (Å²) >= 11 is 2.15. The zero-order valence-electron chi connectivity index (χ0n) is 16.8. The van der Waals surface area contributed by atoms with E-state index in [0.29, 0.717) is 12.8 Å². The van der Waals surface area contributed by atoms with Crippen molar-refractivity contribution < 1.29 is 32.6 Å². The van der Waals surface area contributed by atoms with Crippen molar-refractivity contribution in [3.05, 3.63) is 33.4 Å². The number of aliphatic hydroxyl groups excluding tert-OH is 1. The Labute approximate surface area is 182 Å². The molecule has 0 saturated carbocycles. The smallest absolute Gasteiger partial charge is 0.407 e. The van der Waals surface area contributed by atoms with Crippen LogP contribution in [0.1, 0.15) is 39.2 Å². The lowest BCUT2D eigenvalue weighted by Crippen LogP contribution is -2.56. The minimum Gasteiger partial charge on any atom is -0.453 e. The summed E-state index contributed by atoms with van der Waals surface area (Å²) < 4.78 is 46.1. The molecule has 164 valence electrons. The zero-order valence-corrected chi connectivity index (χ0v) is 19.0. The monoisotopic (exact) mass is 529 g/mol. The molecular weight excluding hydrogens is 502 g/mol. The molecule has 0 heterocycles. The highest BCUT2D eigenvalue weighted by molar-refractivity contribution is 14.1. The maximum absolute atomic E-state index is 13.6. The minimum absolute atomic E-state index is 0.310. The molecule has 0 spiro atoms. The second kappa shape index (κ2) is 10.6. The summed E-state index contributed by atoms with van der Waals surface area (Å²) in [4.78, 5) is 24.5. The van der Waals surface area contributed by atoms with Gasteiger partial charge in [0, 0.05) is 9.99 Å². The number of alkyl carbamates (subject to hydrolysis) is 1. The number of carbonyl (C=O) groups excluding carboxylic acids is 2. The predicted molar refractivity (Wildman–Crippen MR) is 111 cm³/mol. The van der Waals surface area contributed by atoms with Crippen molar-refractivity contribution in [2.24, 2.45) is 11.3 Å². The molecule has 1 amide bonds. The van der Waals surface area contributed by atoms with Crippen LogP contribution in [0.5, 0.6) is 0 Å². The summed E-state index contributed by atoms with van der Waals surface area (Å²) in [6.45, 7) is 3.45. The fourth-order valence-electron chi connectivity index (χ4n) is 2.98. The molecule has 5 nitrogen and oxygen atoms in total. The summed E-state index contributed by atoms with van der Waals surface area (Å²) in [7, 11) is 1.01. The average Bonchev–Trinajstić information content (AvgIpc) is 2.65. The van der Waals surface area contributed by atoms with Crippen LogP contribution in [0.15, 0.2) is 24.3 Å². The molecule has 1 rings (SSSR count). The molecule has 0 unspecified atom stereocenters. The third-order valence-electron chi connectivity index (χ3n) is 5.06. The molecule has 9 heteroatoms. The number of rotatable bonds is 9.